The molecule has 2 aliphatic heterocycles. The number of hydrogen-bond donors (Lipinski definition) is 3. The number of aliphatic hydroxyl groups is 3. The molecule has 41 heavy (non-hydrogen) atoms. The first kappa shape index (κ1) is 27.9. The Morgan fingerprint density at radius 1 is 0.927 bits per heavy atom. The average Bonchev–Trinajstić information content (AvgIpc) is 3.70. The molecule has 13 nitrogen and oxygen atoms in total. The molecule has 0 saturated carbocycles. The highest BCUT2D eigenvalue weighted by molar-refractivity contribution is 8.00. The van der Waals surface area contributed by atoms with E-state index in [2.05, 4.69) is 25.6 Å². The van der Waals surface area contributed by atoms with Crippen molar-refractivity contribution in [1.82, 2.24) is 35.0 Å². The summed E-state index contributed by atoms with van der Waals surface area (Å²) in [6.07, 6.45) is 3.29. The molecule has 2 saturated heterocycles. The van der Waals surface area contributed by atoms with Gasteiger partial charge in [-0.15, -0.1) is 22.0 Å². The number of methoxy groups -OCH3 is 1. The van der Waals surface area contributed by atoms with Crippen LogP contribution in [-0.2, 0) is 14.2 Å². The Kier molecular flexibility index (Phi) is 8.39. The second kappa shape index (κ2) is 12.3. The summed E-state index contributed by atoms with van der Waals surface area (Å²) in [6.45, 7) is 0.127. The minimum absolute atomic E-state index is 0.269. The lowest BCUT2D eigenvalue weighted by atomic mass is 9.97. The zero-order chi connectivity index (χ0) is 28.3. The maximum Gasteiger partial charge on any atom is 0.132 e. The van der Waals surface area contributed by atoms with Crippen LogP contribution in [0.4, 0.5) is 0 Å². The monoisotopic (exact) mass is 581 g/mol. The van der Waals surface area contributed by atoms with E-state index in [0.29, 0.717) is 11.4 Å². The zero-order valence-corrected chi connectivity index (χ0v) is 23.0. The molecule has 4 aromatic rings. The lowest BCUT2D eigenvalue weighted by Crippen LogP contribution is -2.56. The van der Waals surface area contributed by atoms with Gasteiger partial charge in [-0.2, -0.15) is 0 Å². The number of hydrogen-bond acceptors (Lipinski definition) is 12. The van der Waals surface area contributed by atoms with Gasteiger partial charge in [0.2, 0.25) is 0 Å². The third kappa shape index (κ3) is 5.64. The van der Waals surface area contributed by atoms with Gasteiger partial charge in [0.05, 0.1) is 43.6 Å². The summed E-state index contributed by atoms with van der Waals surface area (Å²) in [5.74, 6) is 0. The molecule has 1 aromatic carbocycles. The molecule has 2 fully saturated rings. The van der Waals surface area contributed by atoms with Gasteiger partial charge >= 0.3 is 0 Å². The molecular formula is C27H31N7O6S. The van der Waals surface area contributed by atoms with E-state index in [1.54, 1.807) is 34.2 Å². The van der Waals surface area contributed by atoms with Crippen molar-refractivity contribution in [3.05, 3.63) is 67.3 Å². The third-order valence-corrected chi connectivity index (χ3v) is 8.88. The van der Waals surface area contributed by atoms with Gasteiger partial charge in [0.1, 0.15) is 47.2 Å². The number of rotatable bonds is 8. The van der Waals surface area contributed by atoms with Crippen LogP contribution in [0.3, 0.4) is 0 Å². The summed E-state index contributed by atoms with van der Waals surface area (Å²) < 4.78 is 21.0. The maximum absolute atomic E-state index is 11.4. The Bertz CT molecular complexity index is 1410. The van der Waals surface area contributed by atoms with Gasteiger partial charge in [-0.05, 0) is 12.1 Å². The fourth-order valence-electron chi connectivity index (χ4n) is 5.26. The molecule has 6 rings (SSSR count). The van der Waals surface area contributed by atoms with Crippen LogP contribution in [0.25, 0.3) is 22.5 Å². The lowest BCUT2D eigenvalue weighted by Gasteiger charge is -2.45. The van der Waals surface area contributed by atoms with Crippen LogP contribution in [0.5, 0.6) is 0 Å². The Balaban J connectivity index is 1.22. The molecule has 216 valence electrons. The van der Waals surface area contributed by atoms with Gasteiger partial charge in [-0.25, -0.2) is 9.36 Å². The molecule has 0 spiro atoms. The van der Waals surface area contributed by atoms with Crippen LogP contribution >= 0.6 is 11.8 Å². The van der Waals surface area contributed by atoms with E-state index in [1.807, 2.05) is 42.5 Å². The molecule has 0 amide bonds. The molecule has 5 heterocycles. The van der Waals surface area contributed by atoms with Crippen LogP contribution in [0.1, 0.15) is 12.1 Å². The number of nitrogens with zero attached hydrogens (tertiary/aromatic N) is 7. The van der Waals surface area contributed by atoms with Crippen molar-refractivity contribution in [1.29, 1.82) is 0 Å². The molecule has 0 bridgehead atoms. The Morgan fingerprint density at radius 3 is 2.32 bits per heavy atom. The Morgan fingerprint density at radius 2 is 1.61 bits per heavy atom. The van der Waals surface area contributed by atoms with Crippen molar-refractivity contribution in [2.24, 2.45) is 0 Å². The van der Waals surface area contributed by atoms with E-state index in [-0.39, 0.29) is 13.2 Å². The zero-order valence-electron chi connectivity index (χ0n) is 22.2. The SMILES string of the molecule is COC1C(SC2COCC(n3cc(-c4ccccc4)nn3)C2O)OC(CO)C(O)C1n1cc(-c2ccncc2)nn1. The summed E-state index contributed by atoms with van der Waals surface area (Å²) in [4.78, 5) is 4.04. The van der Waals surface area contributed by atoms with Gasteiger partial charge in [-0.1, -0.05) is 40.8 Å². The first-order chi connectivity index (χ1) is 20.1. The van der Waals surface area contributed by atoms with Crippen LogP contribution in [-0.4, -0.2) is 112 Å². The summed E-state index contributed by atoms with van der Waals surface area (Å²) in [5.41, 5.74) is 2.38. The van der Waals surface area contributed by atoms with Gasteiger partial charge in [0.25, 0.3) is 0 Å². The molecule has 2 aliphatic rings. The van der Waals surface area contributed by atoms with E-state index in [9.17, 15) is 15.3 Å². The molecule has 14 heteroatoms. The van der Waals surface area contributed by atoms with E-state index in [0.717, 1.165) is 11.1 Å². The number of aromatic nitrogens is 7. The van der Waals surface area contributed by atoms with E-state index in [1.165, 1.54) is 18.9 Å². The Labute approximate surface area is 240 Å². The highest BCUT2D eigenvalue weighted by atomic mass is 32.2. The average molecular weight is 582 g/mol. The van der Waals surface area contributed by atoms with Gasteiger partial charge < -0.3 is 29.5 Å². The topological polar surface area (TPSA) is 163 Å². The van der Waals surface area contributed by atoms with Crippen molar-refractivity contribution in [2.45, 2.75) is 47.2 Å². The summed E-state index contributed by atoms with van der Waals surface area (Å²) >= 11 is 1.33. The van der Waals surface area contributed by atoms with Crippen molar-refractivity contribution in [3.63, 3.8) is 0 Å². The maximum atomic E-state index is 11.4. The normalized spacial score (nSPS) is 30.3. The minimum atomic E-state index is -1.12. The summed E-state index contributed by atoms with van der Waals surface area (Å²) in [5, 5.41) is 49.3. The van der Waals surface area contributed by atoms with Crippen molar-refractivity contribution in [2.75, 3.05) is 26.9 Å². The Hall–Kier alpha value is -3.24. The quantitative estimate of drug-likeness (QED) is 0.271. The van der Waals surface area contributed by atoms with Crippen molar-refractivity contribution < 1.29 is 29.5 Å². The summed E-state index contributed by atoms with van der Waals surface area (Å²) in [6, 6.07) is 12.1. The molecule has 3 N–H and O–H groups in total. The highest BCUT2D eigenvalue weighted by Crippen LogP contribution is 2.41. The molecule has 8 atom stereocenters. The highest BCUT2D eigenvalue weighted by Gasteiger charge is 2.49. The number of ether oxygens (including phenoxy) is 3. The number of benzene rings is 1. The smallest absolute Gasteiger partial charge is 0.132 e. The molecule has 3 aromatic heterocycles. The minimum Gasteiger partial charge on any atom is -0.394 e. The second-order valence-corrected chi connectivity index (χ2v) is 11.3. The predicted molar refractivity (Wildman–Crippen MR) is 148 cm³/mol. The van der Waals surface area contributed by atoms with Crippen LogP contribution in [0.15, 0.2) is 67.3 Å². The van der Waals surface area contributed by atoms with Gasteiger partial charge in [0, 0.05) is 30.6 Å². The van der Waals surface area contributed by atoms with Crippen molar-refractivity contribution in [3.8, 4) is 22.5 Å². The third-order valence-electron chi connectivity index (χ3n) is 7.46. The van der Waals surface area contributed by atoms with Gasteiger partial charge in [-0.3, -0.25) is 4.98 Å². The van der Waals surface area contributed by atoms with E-state index >= 15 is 0 Å². The largest absolute Gasteiger partial charge is 0.394 e. The predicted octanol–water partition coefficient (Wildman–Crippen LogP) is 0.967. The number of pyridine rings is 1. The van der Waals surface area contributed by atoms with E-state index < -0.39 is 53.8 Å². The van der Waals surface area contributed by atoms with Crippen LogP contribution in [0.2, 0.25) is 0 Å². The van der Waals surface area contributed by atoms with Crippen molar-refractivity contribution >= 4 is 11.8 Å². The molecule has 8 unspecified atom stereocenters. The molecule has 0 radical (unpaired) electrons. The van der Waals surface area contributed by atoms with E-state index in [4.69, 9.17) is 14.2 Å². The molecule has 0 aliphatic carbocycles. The van der Waals surface area contributed by atoms with Crippen LogP contribution < -0.4 is 0 Å². The standard InChI is InChI=1S/C27H31N7O6S/c1-38-26-23(34-12-19(30-32-34)17-7-9-28-10-8-17)25(37)21(13-35)40-27(26)41-22-15-39-14-20(24(22)36)33-11-18(29-31-33)16-5-3-2-4-6-16/h2-12,20-27,35-37H,13-15H2,1H3. The molecular weight excluding hydrogens is 550 g/mol. The fourth-order valence-corrected chi connectivity index (χ4v) is 6.75. The summed E-state index contributed by atoms with van der Waals surface area (Å²) in [7, 11) is 1.53. The first-order valence-corrected chi connectivity index (χ1v) is 14.2. The van der Waals surface area contributed by atoms with Gasteiger partial charge in [0.15, 0.2) is 0 Å². The first-order valence-electron chi connectivity index (χ1n) is 13.2. The number of thioether (sulfide) groups is 1. The second-order valence-electron chi connectivity index (χ2n) is 9.95. The number of aliphatic hydroxyl groups excluding tert-OH is 3. The lowest BCUT2D eigenvalue weighted by molar-refractivity contribution is -0.186. The van der Waals surface area contributed by atoms with Crippen LogP contribution in [0, 0.1) is 0 Å². The fraction of sp³-hybridized carbons (Fsp3) is 0.444.